The van der Waals surface area contributed by atoms with Crippen molar-refractivity contribution in [2.24, 2.45) is 0 Å². The van der Waals surface area contributed by atoms with Crippen LogP contribution in [0.4, 0.5) is 10.1 Å². The molecule has 3 nitrogen and oxygen atoms in total. The Morgan fingerprint density at radius 3 is 2.90 bits per heavy atom. The number of benzene rings is 2. The highest BCUT2D eigenvalue weighted by Crippen LogP contribution is 2.42. The van der Waals surface area contributed by atoms with E-state index in [1.54, 1.807) is 6.07 Å². The van der Waals surface area contributed by atoms with E-state index in [9.17, 15) is 4.39 Å². The van der Waals surface area contributed by atoms with Crippen molar-refractivity contribution in [3.8, 4) is 11.5 Å². The van der Waals surface area contributed by atoms with Crippen molar-refractivity contribution < 1.29 is 13.9 Å². The van der Waals surface area contributed by atoms with Crippen LogP contribution < -0.4 is 15.2 Å². The molecule has 0 saturated heterocycles. The van der Waals surface area contributed by atoms with Crippen LogP contribution in [0.1, 0.15) is 25.0 Å². The van der Waals surface area contributed by atoms with E-state index in [1.165, 1.54) is 12.1 Å². The van der Waals surface area contributed by atoms with Crippen molar-refractivity contribution in [1.29, 1.82) is 0 Å². The fraction of sp³-hybridized carbons (Fsp3) is 0.294. The molecule has 3 rings (SSSR count). The first-order valence-electron chi connectivity index (χ1n) is 6.92. The lowest BCUT2D eigenvalue weighted by Crippen LogP contribution is -2.24. The Bertz CT molecular complexity index is 682. The minimum absolute atomic E-state index is 0.212. The summed E-state index contributed by atoms with van der Waals surface area (Å²) in [4.78, 5) is 0. The Morgan fingerprint density at radius 1 is 1.29 bits per heavy atom. The molecule has 21 heavy (non-hydrogen) atoms. The van der Waals surface area contributed by atoms with Gasteiger partial charge >= 0.3 is 0 Å². The number of anilines is 1. The zero-order valence-corrected chi connectivity index (χ0v) is 12.2. The number of rotatable bonds is 3. The Hall–Kier alpha value is -2.23. The fourth-order valence-corrected chi connectivity index (χ4v) is 2.56. The highest BCUT2D eigenvalue weighted by atomic mass is 19.1. The molecule has 1 aliphatic heterocycles. The second kappa shape index (κ2) is 4.95. The SMILES string of the molecule is CC1(C)Cc2cccc(OCc3cc(F)ccc3N)c2O1. The molecule has 2 aromatic rings. The van der Waals surface area contributed by atoms with Crippen molar-refractivity contribution >= 4 is 5.69 Å². The first-order valence-corrected chi connectivity index (χ1v) is 6.92. The van der Waals surface area contributed by atoms with Gasteiger partial charge in [-0.05, 0) is 38.1 Å². The molecular formula is C17H18FNO2. The molecule has 1 aliphatic rings. The molecule has 0 atom stereocenters. The van der Waals surface area contributed by atoms with E-state index in [0.29, 0.717) is 17.0 Å². The summed E-state index contributed by atoms with van der Waals surface area (Å²) in [5.74, 6) is 1.12. The lowest BCUT2D eigenvalue weighted by Gasteiger charge is -2.18. The highest BCUT2D eigenvalue weighted by Gasteiger charge is 2.32. The van der Waals surface area contributed by atoms with Gasteiger partial charge in [0, 0.05) is 23.2 Å². The number of nitrogens with two attached hydrogens (primary N) is 1. The van der Waals surface area contributed by atoms with Crippen LogP contribution in [0.2, 0.25) is 0 Å². The number of hydrogen-bond acceptors (Lipinski definition) is 3. The molecule has 0 saturated carbocycles. The minimum atomic E-state index is -0.321. The van der Waals surface area contributed by atoms with Crippen molar-refractivity contribution in [3.05, 3.63) is 53.3 Å². The molecule has 0 aliphatic carbocycles. The Morgan fingerprint density at radius 2 is 2.10 bits per heavy atom. The van der Waals surface area contributed by atoms with E-state index < -0.39 is 0 Å². The molecule has 0 bridgehead atoms. The topological polar surface area (TPSA) is 44.5 Å². The summed E-state index contributed by atoms with van der Waals surface area (Å²) in [5, 5.41) is 0. The second-order valence-corrected chi connectivity index (χ2v) is 5.91. The molecular weight excluding hydrogens is 269 g/mol. The Kier molecular flexibility index (Phi) is 3.24. The summed E-state index contributed by atoms with van der Waals surface area (Å²) in [7, 11) is 0. The quantitative estimate of drug-likeness (QED) is 0.875. The van der Waals surface area contributed by atoms with Crippen molar-refractivity contribution in [2.75, 3.05) is 5.73 Å². The van der Waals surface area contributed by atoms with Gasteiger partial charge in [-0.2, -0.15) is 0 Å². The molecule has 2 aromatic carbocycles. The maximum absolute atomic E-state index is 13.3. The summed E-state index contributed by atoms with van der Waals surface area (Å²) in [6, 6.07) is 10.1. The maximum Gasteiger partial charge on any atom is 0.165 e. The zero-order chi connectivity index (χ0) is 15.0. The van der Waals surface area contributed by atoms with Crippen molar-refractivity contribution in [2.45, 2.75) is 32.5 Å². The van der Waals surface area contributed by atoms with Gasteiger partial charge in [0.2, 0.25) is 0 Å². The van der Waals surface area contributed by atoms with Gasteiger partial charge in [-0.3, -0.25) is 0 Å². The van der Waals surface area contributed by atoms with Crippen LogP contribution in [0.5, 0.6) is 11.5 Å². The minimum Gasteiger partial charge on any atom is -0.485 e. The second-order valence-electron chi connectivity index (χ2n) is 5.91. The number of fused-ring (bicyclic) bond motifs is 1. The number of hydrogen-bond donors (Lipinski definition) is 1. The number of para-hydroxylation sites is 1. The molecule has 0 radical (unpaired) electrons. The summed E-state index contributed by atoms with van der Waals surface area (Å²) < 4.78 is 25.0. The van der Waals surface area contributed by atoms with Gasteiger partial charge in [-0.25, -0.2) is 4.39 Å². The average molecular weight is 287 g/mol. The van der Waals surface area contributed by atoms with Crippen LogP contribution in [0.15, 0.2) is 36.4 Å². The highest BCUT2D eigenvalue weighted by molar-refractivity contribution is 5.51. The lowest BCUT2D eigenvalue weighted by molar-refractivity contribution is 0.131. The molecule has 110 valence electrons. The third kappa shape index (κ3) is 2.79. The maximum atomic E-state index is 13.3. The smallest absolute Gasteiger partial charge is 0.165 e. The van der Waals surface area contributed by atoms with E-state index in [4.69, 9.17) is 15.2 Å². The standard InChI is InChI=1S/C17H18FNO2/c1-17(2)9-11-4-3-5-15(16(11)21-17)20-10-12-8-13(18)6-7-14(12)19/h3-8H,9-10,19H2,1-2H3. The molecule has 4 heteroatoms. The molecule has 0 spiro atoms. The van der Waals surface area contributed by atoms with E-state index in [-0.39, 0.29) is 18.0 Å². The van der Waals surface area contributed by atoms with E-state index >= 15 is 0 Å². The molecule has 0 unspecified atom stereocenters. The summed E-state index contributed by atoms with van der Waals surface area (Å²) in [6.45, 7) is 4.30. The van der Waals surface area contributed by atoms with Crippen molar-refractivity contribution in [1.82, 2.24) is 0 Å². The van der Waals surface area contributed by atoms with Crippen LogP contribution in [-0.4, -0.2) is 5.60 Å². The van der Waals surface area contributed by atoms with Gasteiger partial charge in [0.25, 0.3) is 0 Å². The molecule has 2 N–H and O–H groups in total. The molecule has 0 aromatic heterocycles. The number of halogens is 1. The summed E-state index contributed by atoms with van der Waals surface area (Å²) in [6.07, 6.45) is 0.849. The van der Waals surface area contributed by atoms with Crippen LogP contribution in [0, 0.1) is 5.82 Å². The monoisotopic (exact) mass is 287 g/mol. The first kappa shape index (κ1) is 13.7. The van der Waals surface area contributed by atoms with Gasteiger partial charge in [0.1, 0.15) is 18.0 Å². The third-order valence-corrected chi connectivity index (χ3v) is 3.54. The molecule has 0 amide bonds. The van der Waals surface area contributed by atoms with Crippen LogP contribution in [0.25, 0.3) is 0 Å². The zero-order valence-electron chi connectivity index (χ0n) is 12.2. The average Bonchev–Trinajstić information content (AvgIpc) is 2.74. The Labute approximate surface area is 123 Å². The number of ether oxygens (including phenoxy) is 2. The van der Waals surface area contributed by atoms with Gasteiger partial charge in [0.05, 0.1) is 0 Å². The van der Waals surface area contributed by atoms with Gasteiger partial charge < -0.3 is 15.2 Å². The van der Waals surface area contributed by atoms with Crippen LogP contribution in [0.3, 0.4) is 0 Å². The first-order chi connectivity index (χ1) is 9.94. The fourth-order valence-electron chi connectivity index (χ4n) is 2.56. The van der Waals surface area contributed by atoms with E-state index in [2.05, 4.69) is 0 Å². The van der Waals surface area contributed by atoms with E-state index in [0.717, 1.165) is 17.7 Å². The predicted octanol–water partition coefficient (Wildman–Crippen LogP) is 3.70. The van der Waals surface area contributed by atoms with Gasteiger partial charge in [0.15, 0.2) is 11.5 Å². The van der Waals surface area contributed by atoms with Gasteiger partial charge in [-0.1, -0.05) is 12.1 Å². The largest absolute Gasteiger partial charge is 0.485 e. The third-order valence-electron chi connectivity index (χ3n) is 3.54. The van der Waals surface area contributed by atoms with Crippen molar-refractivity contribution in [3.63, 3.8) is 0 Å². The van der Waals surface area contributed by atoms with Crippen LogP contribution >= 0.6 is 0 Å². The van der Waals surface area contributed by atoms with E-state index in [1.807, 2.05) is 32.0 Å². The molecule has 0 fully saturated rings. The Balaban J connectivity index is 1.81. The normalized spacial score (nSPS) is 15.4. The lowest BCUT2D eigenvalue weighted by atomic mass is 10.0. The summed E-state index contributed by atoms with van der Waals surface area (Å²) in [5.41, 5.74) is 7.89. The predicted molar refractivity (Wildman–Crippen MR) is 80.0 cm³/mol. The number of nitrogen functional groups attached to an aromatic ring is 1. The summed E-state index contributed by atoms with van der Waals surface area (Å²) >= 11 is 0. The molecule has 1 heterocycles. The van der Waals surface area contributed by atoms with Gasteiger partial charge in [-0.15, -0.1) is 0 Å². The van der Waals surface area contributed by atoms with Crippen LogP contribution in [-0.2, 0) is 13.0 Å².